The summed E-state index contributed by atoms with van der Waals surface area (Å²) in [6.45, 7) is -1.01. The zero-order valence-electron chi connectivity index (χ0n) is 25.0. The molecule has 0 aromatic rings. The molecule has 0 aromatic carbocycles. The lowest BCUT2D eigenvalue weighted by Crippen LogP contribution is -2.76. The molecule has 2 saturated heterocycles. The maximum absolute atomic E-state index is 13.4. The SMILES string of the molecule is CN(C)C(=O)C1CCC([S+](=O)([O-])N2CCC(NC3NC(NC4CCCC(C(F)(F)F)C4)NC(OCC(F)(F)F)N3)CC2)CC1. The van der Waals surface area contributed by atoms with Gasteiger partial charge >= 0.3 is 12.4 Å². The molecule has 6 atom stereocenters. The van der Waals surface area contributed by atoms with Crippen LogP contribution in [0.3, 0.4) is 0 Å². The molecule has 2 aliphatic heterocycles. The summed E-state index contributed by atoms with van der Waals surface area (Å²) in [4.78, 5) is 13.8. The third-order valence-electron chi connectivity index (χ3n) is 9.02. The lowest BCUT2D eigenvalue weighted by atomic mass is 9.85. The number of hydrogen-bond acceptors (Lipinski definition) is 9. The second-order valence-electron chi connectivity index (χ2n) is 12.5. The molecule has 4 rings (SSSR count). The van der Waals surface area contributed by atoms with Crippen molar-refractivity contribution in [3.63, 3.8) is 0 Å². The number of hydrogen-bond donors (Lipinski definition) is 5. The summed E-state index contributed by atoms with van der Waals surface area (Å²) in [5.41, 5.74) is 0. The highest BCUT2D eigenvalue weighted by Crippen LogP contribution is 2.38. The summed E-state index contributed by atoms with van der Waals surface area (Å²) in [6.07, 6.45) is -8.21. The minimum atomic E-state index is -4.58. The molecule has 2 heterocycles. The number of nitrogens with zero attached hydrogens (tertiary/aromatic N) is 2. The average molecular weight is 666 g/mol. The van der Waals surface area contributed by atoms with E-state index in [-0.39, 0.29) is 43.8 Å². The Morgan fingerprint density at radius 1 is 0.909 bits per heavy atom. The molecule has 4 aliphatic rings. The van der Waals surface area contributed by atoms with E-state index in [1.165, 1.54) is 9.21 Å². The summed E-state index contributed by atoms with van der Waals surface area (Å²) in [5.74, 6) is -1.60. The van der Waals surface area contributed by atoms with Crippen molar-refractivity contribution in [2.45, 2.75) is 113 Å². The van der Waals surface area contributed by atoms with Crippen molar-refractivity contribution in [2.75, 3.05) is 33.8 Å². The van der Waals surface area contributed by atoms with Crippen LogP contribution in [0.5, 0.6) is 0 Å². The number of amides is 1. The highest BCUT2D eigenvalue weighted by molar-refractivity contribution is 7.96. The molecule has 0 aromatic heterocycles. The van der Waals surface area contributed by atoms with E-state index in [4.69, 9.17) is 4.74 Å². The predicted molar refractivity (Wildman–Crippen MR) is 149 cm³/mol. The van der Waals surface area contributed by atoms with Crippen LogP contribution in [0.2, 0.25) is 0 Å². The van der Waals surface area contributed by atoms with Gasteiger partial charge in [-0.05, 0) is 57.8 Å². The number of alkyl halides is 6. The third-order valence-corrected chi connectivity index (χ3v) is 11.4. The van der Waals surface area contributed by atoms with Crippen molar-refractivity contribution < 1.29 is 44.6 Å². The topological polar surface area (TPSA) is 133 Å². The molecule has 2 saturated carbocycles. The molecule has 18 heteroatoms. The van der Waals surface area contributed by atoms with Gasteiger partial charge in [0.2, 0.25) is 5.91 Å². The summed E-state index contributed by atoms with van der Waals surface area (Å²) >= 11 is 0. The van der Waals surface area contributed by atoms with Crippen molar-refractivity contribution in [1.82, 2.24) is 35.8 Å². The van der Waals surface area contributed by atoms with Crippen molar-refractivity contribution in [2.24, 2.45) is 11.8 Å². The fourth-order valence-electron chi connectivity index (χ4n) is 6.65. The van der Waals surface area contributed by atoms with Crippen LogP contribution in [-0.2, 0) is 24.1 Å². The highest BCUT2D eigenvalue weighted by Gasteiger charge is 2.44. The van der Waals surface area contributed by atoms with Gasteiger partial charge in [-0.2, -0.15) is 26.3 Å². The minimum Gasteiger partial charge on any atom is -0.597 e. The quantitative estimate of drug-likeness (QED) is 0.186. The maximum Gasteiger partial charge on any atom is 0.411 e. The minimum absolute atomic E-state index is 0.0144. The first-order valence-corrected chi connectivity index (χ1v) is 16.8. The van der Waals surface area contributed by atoms with E-state index in [2.05, 4.69) is 26.6 Å². The first-order chi connectivity index (χ1) is 20.5. The molecule has 11 nitrogen and oxygen atoms in total. The number of piperidine rings is 1. The third kappa shape index (κ3) is 9.94. The smallest absolute Gasteiger partial charge is 0.411 e. The van der Waals surface area contributed by atoms with Gasteiger partial charge in [0.1, 0.15) is 34.8 Å². The van der Waals surface area contributed by atoms with Crippen LogP contribution in [0.15, 0.2) is 0 Å². The first kappa shape index (κ1) is 35.7. The molecular weight excluding hydrogens is 620 g/mol. The van der Waals surface area contributed by atoms with Crippen LogP contribution < -0.4 is 26.6 Å². The Labute approximate surface area is 255 Å². The van der Waals surface area contributed by atoms with Crippen LogP contribution >= 0.6 is 0 Å². The van der Waals surface area contributed by atoms with E-state index in [1.54, 1.807) is 14.1 Å². The Balaban J connectivity index is 1.30. The standard InChI is InChI=1S/C26H45F6N7O4S/c1-38(2)21(40)16-6-8-20(9-7-16)44(41,42)39-12-10-18(11-13-39)33-22-35-23(37-24(36-22)43-15-25(27,28)29)34-19-5-3-4-17(14-19)26(30,31)32/h16-20,22-24,33-37H,3-15H2,1-2H3. The number of halogens is 6. The molecular formula is C26H45F6N7O4S. The predicted octanol–water partition coefficient (Wildman–Crippen LogP) is 2.16. The summed E-state index contributed by atoms with van der Waals surface area (Å²) < 4.78 is 112. The molecule has 1 amide bonds. The Bertz CT molecular complexity index is 993. The Hall–Kier alpha value is -1.12. The molecule has 5 N–H and O–H groups in total. The number of nitrogens with one attached hydrogen (secondary N) is 5. The van der Waals surface area contributed by atoms with Crippen LogP contribution in [0, 0.1) is 11.8 Å². The number of rotatable bonds is 9. The number of sulfonamides is 1. The maximum atomic E-state index is 13.4. The molecule has 0 bridgehead atoms. The van der Waals surface area contributed by atoms with Crippen molar-refractivity contribution in [1.29, 1.82) is 0 Å². The molecule has 6 unspecified atom stereocenters. The largest absolute Gasteiger partial charge is 0.597 e. The van der Waals surface area contributed by atoms with Crippen LogP contribution in [0.4, 0.5) is 26.3 Å². The Morgan fingerprint density at radius 3 is 2.05 bits per heavy atom. The zero-order valence-corrected chi connectivity index (χ0v) is 25.8. The van der Waals surface area contributed by atoms with Crippen molar-refractivity contribution in [3.05, 3.63) is 0 Å². The zero-order chi connectivity index (χ0) is 32.3. The van der Waals surface area contributed by atoms with Gasteiger partial charge in [0.25, 0.3) is 0 Å². The molecule has 44 heavy (non-hydrogen) atoms. The monoisotopic (exact) mass is 665 g/mol. The Morgan fingerprint density at radius 2 is 1.50 bits per heavy atom. The van der Waals surface area contributed by atoms with E-state index in [9.17, 15) is 39.9 Å². The summed E-state index contributed by atoms with van der Waals surface area (Å²) in [5, 5.41) is 14.5. The van der Waals surface area contributed by atoms with Crippen LogP contribution in [0.1, 0.15) is 64.2 Å². The van der Waals surface area contributed by atoms with Gasteiger partial charge in [-0.1, -0.05) is 10.6 Å². The second-order valence-corrected chi connectivity index (χ2v) is 14.7. The van der Waals surface area contributed by atoms with E-state index in [0.29, 0.717) is 51.4 Å². The lowest BCUT2D eigenvalue weighted by Gasteiger charge is -2.44. The second kappa shape index (κ2) is 14.8. The lowest BCUT2D eigenvalue weighted by molar-refractivity contribution is -0.199. The average Bonchev–Trinajstić information content (AvgIpc) is 2.95. The molecule has 0 spiro atoms. The van der Waals surface area contributed by atoms with E-state index in [0.717, 1.165) is 0 Å². The van der Waals surface area contributed by atoms with E-state index >= 15 is 0 Å². The van der Waals surface area contributed by atoms with Gasteiger partial charge < -0.3 is 14.2 Å². The first-order valence-electron chi connectivity index (χ1n) is 15.3. The molecule has 0 radical (unpaired) electrons. The van der Waals surface area contributed by atoms with Gasteiger partial charge in [-0.3, -0.25) is 31.4 Å². The van der Waals surface area contributed by atoms with Crippen LogP contribution in [-0.4, -0.2) is 102 Å². The van der Waals surface area contributed by atoms with Gasteiger partial charge in [0, 0.05) is 45.2 Å². The highest BCUT2D eigenvalue weighted by atomic mass is 32.3. The number of carbonyl (C=O) groups is 1. The normalized spacial score (nSPS) is 34.8. The number of carbonyl (C=O) groups excluding carboxylic acids is 1. The summed E-state index contributed by atoms with van der Waals surface area (Å²) in [7, 11) is -0.182. The van der Waals surface area contributed by atoms with E-state index < -0.39 is 65.5 Å². The van der Waals surface area contributed by atoms with Gasteiger partial charge in [0.15, 0.2) is 6.35 Å². The molecule has 2 aliphatic carbocycles. The fourth-order valence-corrected chi connectivity index (χ4v) is 8.66. The van der Waals surface area contributed by atoms with Crippen molar-refractivity contribution >= 4 is 16.3 Å². The van der Waals surface area contributed by atoms with Crippen molar-refractivity contribution in [3.8, 4) is 0 Å². The summed E-state index contributed by atoms with van der Waals surface area (Å²) in [6, 6.07) is -0.696. The number of ether oxygens (including phenoxy) is 1. The van der Waals surface area contributed by atoms with E-state index in [1.807, 2.05) is 0 Å². The van der Waals surface area contributed by atoms with Gasteiger partial charge in [-0.15, -0.1) is 4.31 Å². The fraction of sp³-hybridized carbons (Fsp3) is 0.962. The Kier molecular flexibility index (Phi) is 12.0. The van der Waals surface area contributed by atoms with Gasteiger partial charge in [0.05, 0.1) is 5.92 Å². The molecule has 256 valence electrons. The van der Waals surface area contributed by atoms with Crippen LogP contribution in [0.25, 0.3) is 0 Å². The van der Waals surface area contributed by atoms with Gasteiger partial charge in [-0.25, -0.2) is 0 Å². The molecule has 4 fully saturated rings.